The molecule has 1 atom stereocenters. The zero-order valence-corrected chi connectivity index (χ0v) is 14.2. The minimum atomic E-state index is -0.973. The van der Waals surface area contributed by atoms with Crippen molar-refractivity contribution < 1.29 is 18.3 Å². The van der Waals surface area contributed by atoms with Crippen molar-refractivity contribution in [1.29, 1.82) is 0 Å². The van der Waals surface area contributed by atoms with Crippen LogP contribution in [0.3, 0.4) is 0 Å². The summed E-state index contributed by atoms with van der Waals surface area (Å²) in [5.41, 5.74) is 12.4. The van der Waals surface area contributed by atoms with Gasteiger partial charge in [-0.15, -0.1) is 0 Å². The molecule has 0 saturated carbocycles. The molecule has 134 valence electrons. The number of rotatable bonds is 5. The monoisotopic (exact) mass is 349 g/mol. The zero-order chi connectivity index (χ0) is 18.6. The second-order valence-corrected chi connectivity index (χ2v) is 5.55. The van der Waals surface area contributed by atoms with E-state index in [-0.39, 0.29) is 29.2 Å². The summed E-state index contributed by atoms with van der Waals surface area (Å²) in [7, 11) is 0. The van der Waals surface area contributed by atoms with Gasteiger partial charge in [0.05, 0.1) is 23.8 Å². The SMILES string of the molecule is CCCC1=C(C(=O)OCC)C(c2cc(F)ccc2F)/C(=C/N)C(N)=N1. The van der Waals surface area contributed by atoms with E-state index in [2.05, 4.69) is 4.99 Å². The maximum atomic E-state index is 14.4. The lowest BCUT2D eigenvalue weighted by Gasteiger charge is -2.28. The predicted molar refractivity (Wildman–Crippen MR) is 91.6 cm³/mol. The van der Waals surface area contributed by atoms with E-state index in [4.69, 9.17) is 16.2 Å². The van der Waals surface area contributed by atoms with E-state index in [1.54, 1.807) is 6.92 Å². The Balaban J connectivity index is 2.75. The Morgan fingerprint density at radius 1 is 1.36 bits per heavy atom. The number of hydrogen-bond donors (Lipinski definition) is 2. The molecule has 0 saturated heterocycles. The summed E-state index contributed by atoms with van der Waals surface area (Å²) >= 11 is 0. The molecule has 1 aliphatic rings. The van der Waals surface area contributed by atoms with Crippen molar-refractivity contribution >= 4 is 11.8 Å². The molecular formula is C18H21F2N3O2. The van der Waals surface area contributed by atoms with Crippen LogP contribution in [0.25, 0.3) is 0 Å². The Hall–Kier alpha value is -2.70. The molecular weight excluding hydrogens is 328 g/mol. The first-order valence-corrected chi connectivity index (χ1v) is 8.05. The summed E-state index contributed by atoms with van der Waals surface area (Å²) in [4.78, 5) is 16.8. The largest absolute Gasteiger partial charge is 0.463 e. The highest BCUT2D eigenvalue weighted by Crippen LogP contribution is 2.40. The summed E-state index contributed by atoms with van der Waals surface area (Å²) in [5, 5.41) is 0. The van der Waals surface area contributed by atoms with E-state index in [0.29, 0.717) is 18.5 Å². The third-order valence-corrected chi connectivity index (χ3v) is 3.89. The van der Waals surface area contributed by atoms with Crippen LogP contribution in [0.4, 0.5) is 8.78 Å². The number of ether oxygens (including phenoxy) is 1. The van der Waals surface area contributed by atoms with Crippen molar-refractivity contribution in [3.05, 3.63) is 58.4 Å². The predicted octanol–water partition coefficient (Wildman–Crippen LogP) is 2.88. The molecule has 0 spiro atoms. The highest BCUT2D eigenvalue weighted by Gasteiger charge is 2.36. The molecule has 0 radical (unpaired) electrons. The Morgan fingerprint density at radius 3 is 2.68 bits per heavy atom. The minimum Gasteiger partial charge on any atom is -0.463 e. The molecule has 1 aromatic rings. The number of hydrogen-bond acceptors (Lipinski definition) is 5. The molecule has 0 aromatic heterocycles. The molecule has 1 heterocycles. The van der Waals surface area contributed by atoms with Gasteiger partial charge in [0.1, 0.15) is 17.5 Å². The van der Waals surface area contributed by atoms with Crippen LogP contribution in [-0.4, -0.2) is 18.4 Å². The molecule has 0 amide bonds. The van der Waals surface area contributed by atoms with Crippen molar-refractivity contribution in [2.45, 2.75) is 32.6 Å². The second-order valence-electron chi connectivity index (χ2n) is 5.55. The minimum absolute atomic E-state index is 0.0359. The number of amidine groups is 1. The summed E-state index contributed by atoms with van der Waals surface area (Å²) in [5.74, 6) is -2.84. The van der Waals surface area contributed by atoms with Crippen molar-refractivity contribution in [1.82, 2.24) is 0 Å². The Kier molecular flexibility index (Phi) is 5.90. The molecule has 0 bridgehead atoms. The van der Waals surface area contributed by atoms with Crippen LogP contribution in [0.2, 0.25) is 0 Å². The number of nitrogens with zero attached hydrogens (tertiary/aromatic N) is 1. The maximum absolute atomic E-state index is 14.4. The zero-order valence-electron chi connectivity index (χ0n) is 14.2. The van der Waals surface area contributed by atoms with Gasteiger partial charge in [-0.05, 0) is 31.5 Å². The van der Waals surface area contributed by atoms with E-state index in [1.165, 1.54) is 0 Å². The smallest absolute Gasteiger partial charge is 0.336 e. The average Bonchev–Trinajstić information content (AvgIpc) is 2.57. The van der Waals surface area contributed by atoms with E-state index in [0.717, 1.165) is 24.4 Å². The van der Waals surface area contributed by atoms with Gasteiger partial charge in [0, 0.05) is 17.3 Å². The van der Waals surface area contributed by atoms with Gasteiger partial charge >= 0.3 is 5.97 Å². The molecule has 25 heavy (non-hydrogen) atoms. The first-order chi connectivity index (χ1) is 11.9. The molecule has 4 N–H and O–H groups in total. The van der Waals surface area contributed by atoms with Crippen molar-refractivity contribution in [3.63, 3.8) is 0 Å². The molecule has 0 fully saturated rings. The van der Waals surface area contributed by atoms with Gasteiger partial charge < -0.3 is 16.2 Å². The summed E-state index contributed by atoms with van der Waals surface area (Å²) in [6.45, 7) is 3.71. The normalized spacial score (nSPS) is 19.1. The van der Waals surface area contributed by atoms with Gasteiger partial charge in [0.25, 0.3) is 0 Å². The van der Waals surface area contributed by atoms with Crippen LogP contribution in [0.5, 0.6) is 0 Å². The van der Waals surface area contributed by atoms with Crippen molar-refractivity contribution in [3.8, 4) is 0 Å². The third kappa shape index (κ3) is 3.70. The average molecular weight is 349 g/mol. The highest BCUT2D eigenvalue weighted by molar-refractivity contribution is 6.05. The number of allylic oxidation sites excluding steroid dienone is 1. The number of esters is 1. The van der Waals surface area contributed by atoms with Crippen LogP contribution in [0, 0.1) is 11.6 Å². The Labute approximate surface area is 145 Å². The number of aliphatic imine (C=N–C) groups is 1. The van der Waals surface area contributed by atoms with Crippen LogP contribution in [0.15, 0.2) is 46.2 Å². The molecule has 1 aliphatic heterocycles. The standard InChI is InChI=1S/C18H21F2N3O2/c1-3-5-14-16(18(24)25-4-2)15(12(9-21)17(22)23-14)11-8-10(19)6-7-13(11)20/h6-9,15H,3-5,21H2,1-2H3,(H2,22,23)/b12-9-. The van der Waals surface area contributed by atoms with E-state index in [9.17, 15) is 13.6 Å². The Bertz CT molecular complexity index is 770. The van der Waals surface area contributed by atoms with E-state index in [1.807, 2.05) is 6.92 Å². The van der Waals surface area contributed by atoms with Crippen molar-refractivity contribution in [2.24, 2.45) is 16.5 Å². The Morgan fingerprint density at radius 2 is 2.08 bits per heavy atom. The number of nitrogens with two attached hydrogens (primary N) is 2. The molecule has 2 rings (SSSR count). The van der Waals surface area contributed by atoms with E-state index < -0.39 is 23.5 Å². The third-order valence-electron chi connectivity index (χ3n) is 3.89. The summed E-state index contributed by atoms with van der Waals surface area (Å²) in [6, 6.07) is 3.04. The number of carbonyl (C=O) groups is 1. The quantitative estimate of drug-likeness (QED) is 0.800. The number of halogens is 2. The van der Waals surface area contributed by atoms with Crippen LogP contribution < -0.4 is 11.5 Å². The highest BCUT2D eigenvalue weighted by atomic mass is 19.1. The fraction of sp³-hybridized carbons (Fsp3) is 0.333. The molecule has 1 unspecified atom stereocenters. The number of benzene rings is 1. The van der Waals surface area contributed by atoms with Gasteiger partial charge in [-0.2, -0.15) is 0 Å². The fourth-order valence-electron chi connectivity index (χ4n) is 2.85. The van der Waals surface area contributed by atoms with Gasteiger partial charge in [0.2, 0.25) is 0 Å². The van der Waals surface area contributed by atoms with Crippen LogP contribution in [0.1, 0.15) is 38.2 Å². The van der Waals surface area contributed by atoms with Gasteiger partial charge in [0.15, 0.2) is 0 Å². The number of carbonyl (C=O) groups excluding carboxylic acids is 1. The first kappa shape index (κ1) is 18.6. The lowest BCUT2D eigenvalue weighted by molar-refractivity contribution is -0.138. The fourth-order valence-corrected chi connectivity index (χ4v) is 2.85. The van der Waals surface area contributed by atoms with Crippen LogP contribution >= 0.6 is 0 Å². The lowest BCUT2D eigenvalue weighted by atomic mass is 9.80. The molecule has 1 aromatic carbocycles. The molecule has 0 aliphatic carbocycles. The molecule has 5 nitrogen and oxygen atoms in total. The summed E-state index contributed by atoms with van der Waals surface area (Å²) in [6.07, 6.45) is 2.30. The van der Waals surface area contributed by atoms with Crippen molar-refractivity contribution in [2.75, 3.05) is 6.61 Å². The van der Waals surface area contributed by atoms with Crippen LogP contribution in [-0.2, 0) is 9.53 Å². The maximum Gasteiger partial charge on any atom is 0.336 e. The van der Waals surface area contributed by atoms with Gasteiger partial charge in [-0.3, -0.25) is 0 Å². The van der Waals surface area contributed by atoms with E-state index >= 15 is 0 Å². The first-order valence-electron chi connectivity index (χ1n) is 8.05. The topological polar surface area (TPSA) is 90.7 Å². The second kappa shape index (κ2) is 7.92. The van der Waals surface area contributed by atoms with Gasteiger partial charge in [-0.1, -0.05) is 13.3 Å². The summed E-state index contributed by atoms with van der Waals surface area (Å²) < 4.78 is 33.3. The van der Waals surface area contributed by atoms with Gasteiger partial charge in [-0.25, -0.2) is 18.6 Å². The lowest BCUT2D eigenvalue weighted by Crippen LogP contribution is -2.31. The molecule has 7 heteroatoms.